The van der Waals surface area contributed by atoms with Crippen LogP contribution in [0.5, 0.6) is 5.75 Å². The maximum Gasteiger partial charge on any atom is 0.252 e. The Kier molecular flexibility index (Phi) is 7.83. The molecule has 0 aliphatic carbocycles. The van der Waals surface area contributed by atoms with Crippen molar-refractivity contribution in [1.29, 1.82) is 0 Å². The van der Waals surface area contributed by atoms with Gasteiger partial charge in [0.25, 0.3) is 5.91 Å². The highest BCUT2D eigenvalue weighted by Crippen LogP contribution is 2.12. The monoisotopic (exact) mass is 408 g/mol. The quantitative estimate of drug-likeness (QED) is 0.495. The summed E-state index contributed by atoms with van der Waals surface area (Å²) in [6.07, 6.45) is 0.990. The molecule has 0 unspecified atom stereocenters. The summed E-state index contributed by atoms with van der Waals surface area (Å²) >= 11 is 1.49. The molecule has 1 heterocycles. The van der Waals surface area contributed by atoms with Crippen molar-refractivity contribution in [3.63, 3.8) is 0 Å². The summed E-state index contributed by atoms with van der Waals surface area (Å²) in [6, 6.07) is 19.5. The molecule has 0 aliphatic heterocycles. The molecule has 0 aliphatic rings. The van der Waals surface area contributed by atoms with E-state index >= 15 is 0 Å². The fraction of sp³-hybridized carbons (Fsp3) is 0.217. The fourth-order valence-electron chi connectivity index (χ4n) is 2.67. The minimum atomic E-state index is -0.0945. The Labute approximate surface area is 174 Å². The number of amides is 2. The first-order valence-electron chi connectivity index (χ1n) is 9.53. The summed E-state index contributed by atoms with van der Waals surface area (Å²) in [5.74, 6) is 0.726. The van der Waals surface area contributed by atoms with E-state index in [0.29, 0.717) is 38.1 Å². The number of carbonyl (C=O) groups excluding carboxylic acids is 2. The first-order valence-corrected chi connectivity index (χ1v) is 10.5. The lowest BCUT2D eigenvalue weighted by Gasteiger charge is -2.08. The van der Waals surface area contributed by atoms with Gasteiger partial charge in [-0.2, -0.15) is 11.3 Å². The highest BCUT2D eigenvalue weighted by Gasteiger charge is 2.06. The lowest BCUT2D eigenvalue weighted by Crippen LogP contribution is -2.27. The maximum atomic E-state index is 12.0. The molecule has 1 aromatic heterocycles. The van der Waals surface area contributed by atoms with Crippen LogP contribution in [0.4, 0.5) is 0 Å². The highest BCUT2D eigenvalue weighted by atomic mass is 32.1. The van der Waals surface area contributed by atoms with Crippen LogP contribution in [-0.4, -0.2) is 18.4 Å². The number of para-hydroxylation sites is 1. The number of benzene rings is 2. The standard InChI is InChI=1S/C23H24N2O3S/c26-22(7-4-13-24-23(27)20-12-14-29-17-20)25-15-18-8-10-19(11-9-18)16-28-21-5-2-1-3-6-21/h1-3,5-6,8-12,14,17H,4,7,13,15-16H2,(H,24,27)(H,25,26). The molecule has 6 heteroatoms. The summed E-state index contributed by atoms with van der Waals surface area (Å²) in [4.78, 5) is 23.8. The molecule has 2 N–H and O–H groups in total. The molecule has 2 aromatic carbocycles. The van der Waals surface area contributed by atoms with Gasteiger partial charge in [-0.3, -0.25) is 9.59 Å². The van der Waals surface area contributed by atoms with Gasteiger partial charge in [-0.1, -0.05) is 42.5 Å². The van der Waals surface area contributed by atoms with Crippen LogP contribution >= 0.6 is 11.3 Å². The number of hydrogen-bond acceptors (Lipinski definition) is 4. The van der Waals surface area contributed by atoms with Crippen molar-refractivity contribution in [3.05, 3.63) is 88.1 Å². The molecule has 0 saturated carbocycles. The van der Waals surface area contributed by atoms with Crippen molar-refractivity contribution in [1.82, 2.24) is 10.6 Å². The van der Waals surface area contributed by atoms with Gasteiger partial charge in [-0.05, 0) is 41.1 Å². The highest BCUT2D eigenvalue weighted by molar-refractivity contribution is 7.08. The third-order valence-electron chi connectivity index (χ3n) is 4.31. The average Bonchev–Trinajstić information content (AvgIpc) is 3.30. The second-order valence-electron chi connectivity index (χ2n) is 6.57. The van der Waals surface area contributed by atoms with Crippen molar-refractivity contribution in [2.75, 3.05) is 6.54 Å². The Bertz CT molecular complexity index is 894. The number of ether oxygens (including phenoxy) is 1. The number of rotatable bonds is 10. The zero-order valence-corrected chi connectivity index (χ0v) is 16.9. The van der Waals surface area contributed by atoms with E-state index in [2.05, 4.69) is 10.6 Å². The van der Waals surface area contributed by atoms with E-state index in [9.17, 15) is 9.59 Å². The van der Waals surface area contributed by atoms with Gasteiger partial charge >= 0.3 is 0 Å². The summed E-state index contributed by atoms with van der Waals surface area (Å²) in [7, 11) is 0. The molecule has 0 spiro atoms. The van der Waals surface area contributed by atoms with E-state index in [4.69, 9.17) is 4.74 Å². The molecule has 150 valence electrons. The third-order valence-corrected chi connectivity index (χ3v) is 4.99. The first kappa shape index (κ1) is 20.6. The van der Waals surface area contributed by atoms with Gasteiger partial charge in [0.2, 0.25) is 5.91 Å². The SMILES string of the molecule is O=C(CCCNC(=O)c1ccsc1)NCc1ccc(COc2ccccc2)cc1. The molecule has 0 bridgehead atoms. The average molecular weight is 409 g/mol. The van der Waals surface area contributed by atoms with Crippen molar-refractivity contribution in [2.24, 2.45) is 0 Å². The minimum Gasteiger partial charge on any atom is -0.489 e. The van der Waals surface area contributed by atoms with Crippen LogP contribution in [-0.2, 0) is 17.9 Å². The Morgan fingerprint density at radius 3 is 2.38 bits per heavy atom. The first-order chi connectivity index (χ1) is 14.2. The molecule has 0 saturated heterocycles. The molecule has 5 nitrogen and oxygen atoms in total. The molecule has 0 radical (unpaired) electrons. The van der Waals surface area contributed by atoms with Gasteiger partial charge in [0.15, 0.2) is 0 Å². The van der Waals surface area contributed by atoms with Gasteiger partial charge in [-0.15, -0.1) is 0 Å². The largest absolute Gasteiger partial charge is 0.489 e. The minimum absolute atomic E-state index is 0.0220. The van der Waals surface area contributed by atoms with Crippen molar-refractivity contribution in [2.45, 2.75) is 26.0 Å². The number of nitrogens with one attached hydrogen (secondary N) is 2. The molecule has 3 rings (SSSR count). The summed E-state index contributed by atoms with van der Waals surface area (Å²) < 4.78 is 5.73. The molecule has 29 heavy (non-hydrogen) atoms. The van der Waals surface area contributed by atoms with E-state index in [1.165, 1.54) is 11.3 Å². The normalized spacial score (nSPS) is 10.3. The van der Waals surface area contributed by atoms with E-state index in [-0.39, 0.29) is 11.8 Å². The van der Waals surface area contributed by atoms with Crippen LogP contribution < -0.4 is 15.4 Å². The van der Waals surface area contributed by atoms with Crippen LogP contribution in [0.15, 0.2) is 71.4 Å². The molecule has 0 fully saturated rings. The number of hydrogen-bond donors (Lipinski definition) is 2. The third kappa shape index (κ3) is 7.08. The van der Waals surface area contributed by atoms with Gasteiger partial charge in [0.1, 0.15) is 12.4 Å². The maximum absolute atomic E-state index is 12.0. The summed E-state index contributed by atoms with van der Waals surface area (Å²) in [6.45, 7) is 1.48. The van der Waals surface area contributed by atoms with Crippen molar-refractivity contribution in [3.8, 4) is 5.75 Å². The lowest BCUT2D eigenvalue weighted by atomic mass is 10.1. The zero-order chi connectivity index (χ0) is 20.3. The van der Waals surface area contributed by atoms with Crippen molar-refractivity contribution >= 4 is 23.2 Å². The van der Waals surface area contributed by atoms with Gasteiger partial charge in [0.05, 0.1) is 0 Å². The molecular weight excluding hydrogens is 384 g/mol. The van der Waals surface area contributed by atoms with Gasteiger partial charge < -0.3 is 15.4 Å². The van der Waals surface area contributed by atoms with Crippen LogP contribution in [0.3, 0.4) is 0 Å². The number of thiophene rings is 1. The van der Waals surface area contributed by atoms with E-state index in [1.807, 2.05) is 60.0 Å². The zero-order valence-electron chi connectivity index (χ0n) is 16.1. The van der Waals surface area contributed by atoms with Gasteiger partial charge in [0, 0.05) is 30.5 Å². The van der Waals surface area contributed by atoms with Crippen LogP contribution in [0, 0.1) is 0 Å². The summed E-state index contributed by atoms with van der Waals surface area (Å²) in [5, 5.41) is 9.40. The Morgan fingerprint density at radius 1 is 0.897 bits per heavy atom. The molecular formula is C23H24N2O3S. The Balaban J connectivity index is 1.31. The van der Waals surface area contributed by atoms with E-state index in [1.54, 1.807) is 11.4 Å². The molecule has 3 aromatic rings. The van der Waals surface area contributed by atoms with Crippen molar-refractivity contribution < 1.29 is 14.3 Å². The van der Waals surface area contributed by atoms with Crippen LogP contribution in [0.1, 0.15) is 34.3 Å². The molecule has 0 atom stereocenters. The smallest absolute Gasteiger partial charge is 0.252 e. The van der Waals surface area contributed by atoms with E-state index < -0.39 is 0 Å². The second kappa shape index (κ2) is 11.0. The van der Waals surface area contributed by atoms with Crippen LogP contribution in [0.2, 0.25) is 0 Å². The summed E-state index contributed by atoms with van der Waals surface area (Å²) in [5.41, 5.74) is 2.77. The number of carbonyl (C=O) groups is 2. The van der Waals surface area contributed by atoms with Gasteiger partial charge in [-0.25, -0.2) is 0 Å². The lowest BCUT2D eigenvalue weighted by molar-refractivity contribution is -0.121. The second-order valence-corrected chi connectivity index (χ2v) is 7.35. The molecule has 2 amide bonds. The Hall–Kier alpha value is -3.12. The predicted molar refractivity (Wildman–Crippen MR) is 115 cm³/mol. The topological polar surface area (TPSA) is 67.4 Å². The Morgan fingerprint density at radius 2 is 1.66 bits per heavy atom. The van der Waals surface area contributed by atoms with E-state index in [0.717, 1.165) is 16.9 Å². The van der Waals surface area contributed by atoms with Crippen LogP contribution in [0.25, 0.3) is 0 Å². The predicted octanol–water partition coefficient (Wildman–Crippen LogP) is 4.15. The fourth-order valence-corrected chi connectivity index (χ4v) is 3.31.